The summed E-state index contributed by atoms with van der Waals surface area (Å²) in [6.45, 7) is 7.15. The molecule has 122 valence electrons. The molecule has 0 aromatic heterocycles. The maximum Gasteiger partial charge on any atom is 0.282 e. The molecular formula is C17H18ClNO3S. The van der Waals surface area contributed by atoms with Gasteiger partial charge in [-0.3, -0.25) is 4.79 Å². The zero-order chi connectivity index (χ0) is 17.4. The highest BCUT2D eigenvalue weighted by molar-refractivity contribution is 7.90. The first kappa shape index (κ1) is 17.6. The Hall–Kier alpha value is -1.72. The summed E-state index contributed by atoms with van der Waals surface area (Å²) >= 11 is 6.21. The van der Waals surface area contributed by atoms with Crippen LogP contribution in [-0.4, -0.2) is 19.9 Å². The van der Waals surface area contributed by atoms with E-state index >= 15 is 0 Å². The number of carbonyl (C=O) groups excluding carboxylic acids is 1. The van der Waals surface area contributed by atoms with E-state index < -0.39 is 10.0 Å². The molecule has 0 saturated carbocycles. The maximum atomic E-state index is 12.5. The lowest BCUT2D eigenvalue weighted by Gasteiger charge is -2.19. The second-order valence-corrected chi connectivity index (χ2v) is 7.77. The number of hydrogen-bond acceptors (Lipinski definition) is 3. The predicted molar refractivity (Wildman–Crippen MR) is 92.3 cm³/mol. The topological polar surface area (TPSA) is 63.6 Å². The average Bonchev–Trinajstić information content (AvgIpc) is 2.47. The van der Waals surface area contributed by atoms with Crippen molar-refractivity contribution in [3.63, 3.8) is 0 Å². The number of halogens is 1. The van der Waals surface area contributed by atoms with Crippen molar-refractivity contribution in [3.05, 3.63) is 52.1 Å². The van der Waals surface area contributed by atoms with Crippen LogP contribution in [0.4, 0.5) is 0 Å². The Labute approximate surface area is 141 Å². The Balaban J connectivity index is 2.60. The van der Waals surface area contributed by atoms with Gasteiger partial charge in [-0.2, -0.15) is 12.8 Å². The van der Waals surface area contributed by atoms with Crippen molar-refractivity contribution in [2.75, 3.05) is 0 Å². The van der Waals surface area contributed by atoms with Crippen LogP contribution in [0, 0.1) is 12.8 Å². The molecule has 0 unspecified atom stereocenters. The number of rotatable bonds is 3. The average molecular weight is 352 g/mol. The molecule has 1 aliphatic carbocycles. The summed E-state index contributed by atoms with van der Waals surface area (Å²) < 4.78 is 29.0. The van der Waals surface area contributed by atoms with Gasteiger partial charge in [0, 0.05) is 5.57 Å². The van der Waals surface area contributed by atoms with Gasteiger partial charge in [0.15, 0.2) is 5.78 Å². The second kappa shape index (κ2) is 6.42. The van der Waals surface area contributed by atoms with Gasteiger partial charge in [-0.1, -0.05) is 43.1 Å². The number of carbonyl (C=O) groups is 1. The Morgan fingerprint density at radius 3 is 2.17 bits per heavy atom. The first-order valence-electron chi connectivity index (χ1n) is 7.18. The third kappa shape index (κ3) is 3.62. The van der Waals surface area contributed by atoms with E-state index in [2.05, 4.69) is 4.40 Å². The van der Waals surface area contributed by atoms with E-state index in [-0.39, 0.29) is 27.3 Å². The van der Waals surface area contributed by atoms with Crippen LogP contribution >= 0.6 is 11.6 Å². The fourth-order valence-corrected chi connectivity index (χ4v) is 3.46. The van der Waals surface area contributed by atoms with E-state index in [9.17, 15) is 13.2 Å². The first-order valence-corrected chi connectivity index (χ1v) is 9.00. The highest BCUT2D eigenvalue weighted by Gasteiger charge is 2.27. The lowest BCUT2D eigenvalue weighted by molar-refractivity contribution is -0.111. The number of ketones is 1. The fraction of sp³-hybridized carbons (Fsp3) is 0.294. The lowest BCUT2D eigenvalue weighted by atomic mass is 9.90. The Morgan fingerprint density at radius 2 is 1.65 bits per heavy atom. The van der Waals surface area contributed by atoms with Gasteiger partial charge in [0.05, 0.1) is 15.6 Å². The summed E-state index contributed by atoms with van der Waals surface area (Å²) in [5, 5.41) is 0.0943. The molecule has 0 N–H and O–H groups in total. The van der Waals surface area contributed by atoms with E-state index in [0.717, 1.165) is 5.56 Å². The number of nitrogens with zero attached hydrogens (tertiary/aromatic N) is 1. The molecule has 6 heteroatoms. The monoisotopic (exact) mass is 351 g/mol. The molecule has 4 nitrogen and oxygen atoms in total. The van der Waals surface area contributed by atoms with E-state index in [1.165, 1.54) is 18.2 Å². The molecule has 1 aromatic rings. The van der Waals surface area contributed by atoms with Crippen LogP contribution in [0.25, 0.3) is 0 Å². The predicted octanol–water partition coefficient (Wildman–Crippen LogP) is 3.80. The van der Waals surface area contributed by atoms with Gasteiger partial charge in [0.25, 0.3) is 10.0 Å². The minimum Gasteiger partial charge on any atom is -0.290 e. The molecule has 23 heavy (non-hydrogen) atoms. The minimum absolute atomic E-state index is 0.0761. The SMILES string of the molecule is CC1=C(Cl)C(=NS(=O)(=O)c2ccc(C)cc2)C(C(C)C)=CC1=O. The van der Waals surface area contributed by atoms with E-state index in [1.807, 2.05) is 20.8 Å². The largest absolute Gasteiger partial charge is 0.290 e. The van der Waals surface area contributed by atoms with Crippen LogP contribution in [0.2, 0.25) is 0 Å². The van der Waals surface area contributed by atoms with Crippen molar-refractivity contribution in [3.8, 4) is 0 Å². The molecule has 0 bridgehead atoms. The van der Waals surface area contributed by atoms with Crippen molar-refractivity contribution in [2.45, 2.75) is 32.6 Å². The Morgan fingerprint density at radius 1 is 1.09 bits per heavy atom. The van der Waals surface area contributed by atoms with Gasteiger partial charge in [-0.05, 0) is 43.5 Å². The van der Waals surface area contributed by atoms with Crippen molar-refractivity contribution in [1.82, 2.24) is 0 Å². The third-order valence-corrected chi connectivity index (χ3v) is 5.37. The van der Waals surface area contributed by atoms with E-state index in [1.54, 1.807) is 19.1 Å². The smallest absolute Gasteiger partial charge is 0.282 e. The molecule has 0 radical (unpaired) electrons. The van der Waals surface area contributed by atoms with Gasteiger partial charge in [-0.15, -0.1) is 0 Å². The van der Waals surface area contributed by atoms with Crippen LogP contribution in [-0.2, 0) is 14.8 Å². The Bertz CT molecular complexity index is 844. The van der Waals surface area contributed by atoms with Crippen molar-refractivity contribution in [2.24, 2.45) is 10.3 Å². The van der Waals surface area contributed by atoms with Crippen LogP contribution in [0.5, 0.6) is 0 Å². The molecule has 1 aliphatic rings. The second-order valence-electron chi connectivity index (χ2n) is 5.79. The normalized spacial score (nSPS) is 17.9. The molecule has 2 rings (SSSR count). The zero-order valence-corrected chi connectivity index (χ0v) is 15.0. The summed E-state index contributed by atoms with van der Waals surface area (Å²) in [7, 11) is -3.90. The number of benzene rings is 1. The summed E-state index contributed by atoms with van der Waals surface area (Å²) in [5.41, 5.74) is 1.94. The van der Waals surface area contributed by atoms with Gasteiger partial charge in [-0.25, -0.2) is 0 Å². The molecule has 0 amide bonds. The molecule has 0 aliphatic heterocycles. The van der Waals surface area contributed by atoms with Crippen molar-refractivity contribution >= 4 is 33.1 Å². The first-order chi connectivity index (χ1) is 10.6. The minimum atomic E-state index is -3.90. The van der Waals surface area contributed by atoms with Crippen LogP contribution < -0.4 is 0 Å². The highest BCUT2D eigenvalue weighted by atomic mass is 35.5. The standard InChI is InChI=1S/C17H18ClNO3S/c1-10(2)14-9-15(20)12(4)16(18)17(14)19-23(21,22)13-7-5-11(3)6-8-13/h5-10H,1-4H3. The van der Waals surface area contributed by atoms with E-state index in [0.29, 0.717) is 11.1 Å². The highest BCUT2D eigenvalue weighted by Crippen LogP contribution is 2.29. The summed E-state index contributed by atoms with van der Waals surface area (Å²) in [6.07, 6.45) is 1.41. The molecule has 0 spiro atoms. The van der Waals surface area contributed by atoms with Gasteiger partial charge in [0.1, 0.15) is 0 Å². The summed E-state index contributed by atoms with van der Waals surface area (Å²) in [4.78, 5) is 12.0. The van der Waals surface area contributed by atoms with Crippen molar-refractivity contribution in [1.29, 1.82) is 0 Å². The molecule has 0 saturated heterocycles. The summed E-state index contributed by atoms with van der Waals surface area (Å²) in [5.74, 6) is -0.293. The molecule has 0 atom stereocenters. The van der Waals surface area contributed by atoms with Gasteiger partial charge in [0.2, 0.25) is 0 Å². The Kier molecular flexibility index (Phi) is 4.92. The van der Waals surface area contributed by atoms with Crippen LogP contribution in [0.3, 0.4) is 0 Å². The molecule has 1 aromatic carbocycles. The van der Waals surface area contributed by atoms with E-state index in [4.69, 9.17) is 11.6 Å². The van der Waals surface area contributed by atoms with Crippen LogP contribution in [0.1, 0.15) is 26.3 Å². The van der Waals surface area contributed by atoms with Gasteiger partial charge < -0.3 is 0 Å². The number of aryl methyl sites for hydroxylation is 1. The van der Waals surface area contributed by atoms with Crippen LogP contribution in [0.15, 0.2) is 55.8 Å². The quantitative estimate of drug-likeness (QED) is 0.778. The summed E-state index contributed by atoms with van der Waals surface area (Å²) in [6, 6.07) is 6.43. The molecular weight excluding hydrogens is 334 g/mol. The number of allylic oxidation sites excluding steroid dienone is 4. The van der Waals surface area contributed by atoms with Crippen molar-refractivity contribution < 1.29 is 13.2 Å². The molecule has 0 fully saturated rings. The lowest BCUT2D eigenvalue weighted by Crippen LogP contribution is -2.20. The zero-order valence-electron chi connectivity index (χ0n) is 13.4. The number of hydrogen-bond donors (Lipinski definition) is 0. The maximum absolute atomic E-state index is 12.5. The number of sulfonamides is 1. The third-order valence-electron chi connectivity index (χ3n) is 3.62. The fourth-order valence-electron chi connectivity index (χ4n) is 2.15. The molecule has 0 heterocycles. The van der Waals surface area contributed by atoms with Gasteiger partial charge >= 0.3 is 0 Å².